The van der Waals surface area contributed by atoms with Crippen LogP contribution in [0, 0.1) is 6.92 Å². The van der Waals surface area contributed by atoms with Crippen molar-refractivity contribution in [3.05, 3.63) is 58.9 Å². The molecule has 0 amide bonds. The second kappa shape index (κ2) is 6.28. The first-order valence-corrected chi connectivity index (χ1v) is 6.67. The minimum absolute atomic E-state index is 0.429. The fraction of sp³-hybridized carbons (Fsp3) is 0.312. The number of nitrogens with zero attached hydrogens (tertiary/aromatic N) is 3. The standard InChI is InChI=1S/C16H19N3O/c1-12(2)10-19-16(15(11-20)17-18-19)9-8-14-6-4-13(3)5-7-14/h4-7,11H,1,8-10H2,2-3H3. The third-order valence-electron chi connectivity index (χ3n) is 3.17. The van der Waals surface area contributed by atoms with Gasteiger partial charge in [-0.1, -0.05) is 47.2 Å². The number of aldehydes is 1. The summed E-state index contributed by atoms with van der Waals surface area (Å²) in [5, 5.41) is 7.95. The Balaban J connectivity index is 2.14. The van der Waals surface area contributed by atoms with E-state index in [1.54, 1.807) is 4.68 Å². The Kier molecular flexibility index (Phi) is 4.45. The molecule has 0 atom stereocenters. The summed E-state index contributed by atoms with van der Waals surface area (Å²) >= 11 is 0. The smallest absolute Gasteiger partial charge is 0.172 e. The van der Waals surface area contributed by atoms with Gasteiger partial charge in [-0.15, -0.1) is 5.10 Å². The normalized spacial score (nSPS) is 10.5. The van der Waals surface area contributed by atoms with Crippen molar-refractivity contribution in [3.8, 4) is 0 Å². The van der Waals surface area contributed by atoms with E-state index in [0.29, 0.717) is 12.2 Å². The molecule has 0 aliphatic carbocycles. The first-order chi connectivity index (χ1) is 9.60. The van der Waals surface area contributed by atoms with E-state index in [2.05, 4.69) is 48.1 Å². The van der Waals surface area contributed by atoms with Gasteiger partial charge in [0.2, 0.25) is 0 Å². The number of hydrogen-bond donors (Lipinski definition) is 0. The predicted octanol–water partition coefficient (Wildman–Crippen LogP) is 2.76. The monoisotopic (exact) mass is 269 g/mol. The minimum Gasteiger partial charge on any atom is -0.296 e. The number of allylic oxidation sites excluding steroid dienone is 1. The molecule has 0 unspecified atom stereocenters. The lowest BCUT2D eigenvalue weighted by Crippen LogP contribution is -2.08. The second-order valence-electron chi connectivity index (χ2n) is 5.14. The van der Waals surface area contributed by atoms with Crippen LogP contribution in [0.3, 0.4) is 0 Å². The molecule has 20 heavy (non-hydrogen) atoms. The van der Waals surface area contributed by atoms with Gasteiger partial charge in [0.05, 0.1) is 12.2 Å². The summed E-state index contributed by atoms with van der Waals surface area (Å²) in [5.74, 6) is 0. The Labute approximate surface area is 119 Å². The Morgan fingerprint density at radius 1 is 1.30 bits per heavy atom. The number of hydrogen-bond acceptors (Lipinski definition) is 3. The van der Waals surface area contributed by atoms with Crippen molar-refractivity contribution in [1.82, 2.24) is 15.0 Å². The van der Waals surface area contributed by atoms with Crippen LogP contribution in [-0.4, -0.2) is 21.3 Å². The van der Waals surface area contributed by atoms with Crippen molar-refractivity contribution in [2.24, 2.45) is 0 Å². The van der Waals surface area contributed by atoms with E-state index in [1.807, 2.05) is 6.92 Å². The quantitative estimate of drug-likeness (QED) is 0.598. The molecule has 0 fully saturated rings. The summed E-state index contributed by atoms with van der Waals surface area (Å²) in [4.78, 5) is 11.0. The van der Waals surface area contributed by atoms with Crippen LogP contribution in [0.5, 0.6) is 0 Å². The first kappa shape index (κ1) is 14.2. The second-order valence-corrected chi connectivity index (χ2v) is 5.14. The maximum absolute atomic E-state index is 11.0. The maximum Gasteiger partial charge on any atom is 0.172 e. The predicted molar refractivity (Wildman–Crippen MR) is 78.8 cm³/mol. The van der Waals surface area contributed by atoms with Gasteiger partial charge in [-0.25, -0.2) is 4.68 Å². The van der Waals surface area contributed by atoms with Gasteiger partial charge in [0, 0.05) is 0 Å². The van der Waals surface area contributed by atoms with Gasteiger partial charge in [0.15, 0.2) is 6.29 Å². The van der Waals surface area contributed by atoms with Gasteiger partial charge < -0.3 is 0 Å². The number of rotatable bonds is 6. The van der Waals surface area contributed by atoms with Gasteiger partial charge in [0.1, 0.15) is 5.69 Å². The fourth-order valence-corrected chi connectivity index (χ4v) is 2.10. The summed E-state index contributed by atoms with van der Waals surface area (Å²) in [6.07, 6.45) is 2.38. The van der Waals surface area contributed by atoms with Crippen LogP contribution in [0.25, 0.3) is 0 Å². The van der Waals surface area contributed by atoms with Gasteiger partial charge in [0.25, 0.3) is 0 Å². The van der Waals surface area contributed by atoms with Crippen LogP contribution in [0.2, 0.25) is 0 Å². The molecule has 0 spiro atoms. The third kappa shape index (κ3) is 3.41. The highest BCUT2D eigenvalue weighted by molar-refractivity contribution is 5.73. The van der Waals surface area contributed by atoms with Crippen molar-refractivity contribution in [3.63, 3.8) is 0 Å². The number of carbonyl (C=O) groups excluding carboxylic acids is 1. The van der Waals surface area contributed by atoms with Crippen molar-refractivity contribution in [1.29, 1.82) is 0 Å². The van der Waals surface area contributed by atoms with Crippen molar-refractivity contribution < 1.29 is 4.79 Å². The summed E-state index contributed by atoms with van der Waals surface area (Å²) in [7, 11) is 0. The highest BCUT2D eigenvalue weighted by Gasteiger charge is 2.12. The molecule has 0 saturated carbocycles. The average molecular weight is 269 g/mol. The molecule has 0 aliphatic heterocycles. The van der Waals surface area contributed by atoms with E-state index < -0.39 is 0 Å². The summed E-state index contributed by atoms with van der Waals surface area (Å²) in [6.45, 7) is 8.49. The van der Waals surface area contributed by atoms with Gasteiger partial charge in [-0.3, -0.25) is 4.79 Å². The van der Waals surface area contributed by atoms with E-state index >= 15 is 0 Å². The molecule has 1 aromatic carbocycles. The molecule has 0 aliphatic rings. The molecule has 4 nitrogen and oxygen atoms in total. The topological polar surface area (TPSA) is 47.8 Å². The van der Waals surface area contributed by atoms with Crippen LogP contribution in [0.4, 0.5) is 0 Å². The average Bonchev–Trinajstić information content (AvgIpc) is 2.79. The van der Waals surface area contributed by atoms with Crippen LogP contribution >= 0.6 is 0 Å². The molecule has 0 bridgehead atoms. The molecule has 4 heteroatoms. The van der Waals surface area contributed by atoms with Gasteiger partial charge in [-0.2, -0.15) is 0 Å². The van der Waals surface area contributed by atoms with Crippen LogP contribution in [0.1, 0.15) is 34.2 Å². The van der Waals surface area contributed by atoms with E-state index in [0.717, 1.165) is 30.4 Å². The number of benzene rings is 1. The first-order valence-electron chi connectivity index (χ1n) is 6.67. The largest absolute Gasteiger partial charge is 0.296 e. The van der Waals surface area contributed by atoms with E-state index in [9.17, 15) is 4.79 Å². The molecule has 0 radical (unpaired) electrons. The van der Waals surface area contributed by atoms with Crippen molar-refractivity contribution in [2.45, 2.75) is 33.2 Å². The lowest BCUT2D eigenvalue weighted by molar-refractivity contribution is 0.111. The highest BCUT2D eigenvalue weighted by atomic mass is 16.1. The third-order valence-corrected chi connectivity index (χ3v) is 3.17. The van der Waals surface area contributed by atoms with Crippen LogP contribution < -0.4 is 0 Å². The lowest BCUT2D eigenvalue weighted by atomic mass is 10.1. The molecular formula is C16H19N3O. The fourth-order valence-electron chi connectivity index (χ4n) is 2.10. The van der Waals surface area contributed by atoms with Crippen LogP contribution in [0.15, 0.2) is 36.4 Å². The molecule has 104 valence electrons. The van der Waals surface area contributed by atoms with Gasteiger partial charge in [-0.05, 0) is 32.3 Å². The number of aromatic nitrogens is 3. The Morgan fingerprint density at radius 3 is 2.60 bits per heavy atom. The van der Waals surface area contributed by atoms with Gasteiger partial charge >= 0.3 is 0 Å². The SMILES string of the molecule is C=C(C)Cn1nnc(C=O)c1CCc1ccc(C)cc1. The molecule has 0 N–H and O–H groups in total. The van der Waals surface area contributed by atoms with E-state index in [1.165, 1.54) is 11.1 Å². The Bertz CT molecular complexity index is 611. The van der Waals surface area contributed by atoms with E-state index in [4.69, 9.17) is 0 Å². The summed E-state index contributed by atoms with van der Waals surface area (Å²) in [5.41, 5.74) is 4.79. The Morgan fingerprint density at radius 2 is 2.00 bits per heavy atom. The zero-order chi connectivity index (χ0) is 14.5. The Hall–Kier alpha value is -2.23. The maximum atomic E-state index is 11.0. The summed E-state index contributed by atoms with van der Waals surface area (Å²) < 4.78 is 1.76. The summed E-state index contributed by atoms with van der Waals surface area (Å²) in [6, 6.07) is 8.42. The number of carbonyl (C=O) groups is 1. The molecule has 1 aromatic heterocycles. The molecular weight excluding hydrogens is 250 g/mol. The zero-order valence-corrected chi connectivity index (χ0v) is 12.0. The van der Waals surface area contributed by atoms with Crippen molar-refractivity contribution in [2.75, 3.05) is 0 Å². The molecule has 2 aromatic rings. The minimum atomic E-state index is 0.429. The van der Waals surface area contributed by atoms with Crippen molar-refractivity contribution >= 4 is 6.29 Å². The van der Waals surface area contributed by atoms with Crippen LogP contribution in [-0.2, 0) is 19.4 Å². The molecule has 2 rings (SSSR count). The zero-order valence-electron chi connectivity index (χ0n) is 12.0. The number of aryl methyl sites for hydroxylation is 2. The lowest BCUT2D eigenvalue weighted by Gasteiger charge is -2.07. The molecule has 0 saturated heterocycles. The molecule has 1 heterocycles. The van der Waals surface area contributed by atoms with E-state index in [-0.39, 0.29) is 0 Å². The highest BCUT2D eigenvalue weighted by Crippen LogP contribution is 2.11.